The fraction of sp³-hybridized carbons (Fsp3) is 0.321. The van der Waals surface area contributed by atoms with Crippen LogP contribution in [0.4, 0.5) is 0 Å². The number of benzene rings is 2. The fourth-order valence-corrected chi connectivity index (χ4v) is 4.12. The second-order valence-corrected chi connectivity index (χ2v) is 9.81. The fourth-order valence-electron chi connectivity index (χ4n) is 4.12. The van der Waals surface area contributed by atoms with Gasteiger partial charge in [0, 0.05) is 25.5 Å². The number of nitrogens with zero attached hydrogens (tertiary/aromatic N) is 1. The number of hydrogen-bond donors (Lipinski definition) is 4. The van der Waals surface area contributed by atoms with Crippen LogP contribution >= 0.6 is 0 Å². The van der Waals surface area contributed by atoms with Gasteiger partial charge in [0.2, 0.25) is 11.8 Å². The van der Waals surface area contributed by atoms with Gasteiger partial charge < -0.3 is 26.0 Å². The lowest BCUT2D eigenvalue weighted by Gasteiger charge is -2.31. The van der Waals surface area contributed by atoms with E-state index in [1.165, 1.54) is 7.05 Å². The number of amides is 2. The van der Waals surface area contributed by atoms with Crippen molar-refractivity contribution >= 4 is 17.8 Å². The molecule has 3 aromatic rings. The van der Waals surface area contributed by atoms with E-state index in [1.807, 2.05) is 75.4 Å². The van der Waals surface area contributed by atoms with Crippen molar-refractivity contribution < 1.29 is 19.5 Å². The van der Waals surface area contributed by atoms with Gasteiger partial charge in [0.25, 0.3) is 0 Å². The van der Waals surface area contributed by atoms with Gasteiger partial charge in [-0.1, -0.05) is 69.3 Å². The Morgan fingerprint density at radius 2 is 1.47 bits per heavy atom. The zero-order chi connectivity index (χ0) is 26.5. The van der Waals surface area contributed by atoms with Gasteiger partial charge in [-0.15, -0.1) is 0 Å². The van der Waals surface area contributed by atoms with Crippen molar-refractivity contribution in [3.63, 3.8) is 0 Å². The zero-order valence-electron chi connectivity index (χ0n) is 21.1. The van der Waals surface area contributed by atoms with Gasteiger partial charge in [-0.2, -0.15) is 0 Å². The topological polar surface area (TPSA) is 126 Å². The van der Waals surface area contributed by atoms with Crippen LogP contribution in [-0.2, 0) is 20.9 Å². The Bertz CT molecular complexity index is 1210. The molecular formula is C28H34N4O4. The molecule has 2 aromatic carbocycles. The molecule has 3 rings (SSSR count). The summed E-state index contributed by atoms with van der Waals surface area (Å²) in [4.78, 5) is 37.5. The molecule has 8 heteroatoms. The minimum atomic E-state index is -1.11. The number of nitrogens with one attached hydrogen (secondary N) is 2. The average molecular weight is 491 g/mol. The van der Waals surface area contributed by atoms with Crippen LogP contribution in [0.1, 0.15) is 38.8 Å². The van der Waals surface area contributed by atoms with Gasteiger partial charge in [0.15, 0.2) is 0 Å². The molecule has 0 radical (unpaired) electrons. The first-order valence-electron chi connectivity index (χ1n) is 11.9. The number of hydrogen-bond acceptors (Lipinski definition) is 4. The number of likely N-dealkylation sites (N-methyl/N-ethyl adjacent to an activating group) is 1. The van der Waals surface area contributed by atoms with Crippen LogP contribution in [0.15, 0.2) is 66.9 Å². The van der Waals surface area contributed by atoms with E-state index >= 15 is 0 Å². The van der Waals surface area contributed by atoms with Crippen LogP contribution in [-0.4, -0.2) is 40.5 Å². The third-order valence-electron chi connectivity index (χ3n) is 6.15. The maximum absolute atomic E-state index is 13.3. The molecule has 0 spiro atoms. The quantitative estimate of drug-likeness (QED) is 0.365. The third-order valence-corrected chi connectivity index (χ3v) is 6.15. The molecule has 0 saturated carbocycles. The smallest absolute Gasteiger partial charge is 0.306 e. The molecule has 0 fully saturated rings. The van der Waals surface area contributed by atoms with Crippen molar-refractivity contribution in [3.8, 4) is 22.4 Å². The Morgan fingerprint density at radius 3 is 1.97 bits per heavy atom. The van der Waals surface area contributed by atoms with Crippen LogP contribution in [0.3, 0.4) is 0 Å². The van der Waals surface area contributed by atoms with Crippen molar-refractivity contribution in [2.75, 3.05) is 7.05 Å². The van der Waals surface area contributed by atoms with Crippen LogP contribution in [0.25, 0.3) is 22.4 Å². The van der Waals surface area contributed by atoms with Gasteiger partial charge in [0.1, 0.15) is 12.1 Å². The number of carboxylic acid groups (broad SMARTS) is 1. The van der Waals surface area contributed by atoms with Crippen LogP contribution in [0, 0.1) is 5.41 Å². The van der Waals surface area contributed by atoms with E-state index < -0.39 is 35.8 Å². The SMILES string of the molecule is CNC(=O)C(NC(=O)[C@@H](CC(=O)O)n1cccc1-c1ccc(-c2ccc(CN)cc2)cc1)C(C)(C)C. The second-order valence-electron chi connectivity index (χ2n) is 9.81. The Hall–Kier alpha value is -3.91. The second kappa shape index (κ2) is 11.2. The number of carbonyl (C=O) groups excluding carboxylic acids is 2. The zero-order valence-corrected chi connectivity index (χ0v) is 21.1. The summed E-state index contributed by atoms with van der Waals surface area (Å²) in [5, 5.41) is 14.9. The summed E-state index contributed by atoms with van der Waals surface area (Å²) >= 11 is 0. The normalized spacial score (nSPS) is 13.0. The number of carboxylic acids is 1. The molecule has 2 amide bonds. The van der Waals surface area contributed by atoms with E-state index in [-0.39, 0.29) is 5.91 Å². The number of rotatable bonds is 9. The van der Waals surface area contributed by atoms with Crippen LogP contribution < -0.4 is 16.4 Å². The van der Waals surface area contributed by atoms with E-state index in [4.69, 9.17) is 5.73 Å². The standard InChI is InChI=1S/C28H34N4O4/c1-28(2,3)25(27(36)30-4)31-26(35)23(16-24(33)34)32-15-5-6-22(32)21-13-11-20(12-14-21)19-9-7-18(17-29)8-10-19/h5-15,23,25H,16-17,29H2,1-4H3,(H,30,36)(H,31,35)(H,33,34)/t23-,25?/m1/s1. The van der Waals surface area contributed by atoms with Gasteiger partial charge >= 0.3 is 5.97 Å². The molecule has 190 valence electrons. The summed E-state index contributed by atoms with van der Waals surface area (Å²) in [6.45, 7) is 6.00. The van der Waals surface area contributed by atoms with Gasteiger partial charge in [-0.25, -0.2) is 0 Å². The molecule has 1 aromatic heterocycles. The molecule has 36 heavy (non-hydrogen) atoms. The molecule has 0 bridgehead atoms. The highest BCUT2D eigenvalue weighted by atomic mass is 16.4. The van der Waals surface area contributed by atoms with Gasteiger partial charge in [0.05, 0.1) is 6.42 Å². The maximum atomic E-state index is 13.3. The Kier molecular flexibility index (Phi) is 8.32. The number of aromatic nitrogens is 1. The molecule has 2 atom stereocenters. The molecule has 0 aliphatic heterocycles. The van der Waals surface area contributed by atoms with Gasteiger partial charge in [-0.05, 0) is 39.8 Å². The molecule has 0 saturated heterocycles. The summed E-state index contributed by atoms with van der Waals surface area (Å²) in [5.41, 5.74) is 9.79. The van der Waals surface area contributed by atoms with Crippen LogP contribution in [0.2, 0.25) is 0 Å². The third kappa shape index (κ3) is 6.20. The van der Waals surface area contributed by atoms with E-state index in [0.29, 0.717) is 12.2 Å². The first kappa shape index (κ1) is 26.7. The summed E-state index contributed by atoms with van der Waals surface area (Å²) < 4.78 is 1.65. The summed E-state index contributed by atoms with van der Waals surface area (Å²) in [6.07, 6.45) is 1.26. The number of carbonyl (C=O) groups is 3. The Balaban J connectivity index is 1.92. The van der Waals surface area contributed by atoms with Crippen molar-refractivity contribution in [2.24, 2.45) is 11.1 Å². The number of nitrogens with two attached hydrogens (primary N) is 1. The molecule has 1 heterocycles. The van der Waals surface area contributed by atoms with Gasteiger partial charge in [-0.3, -0.25) is 14.4 Å². The highest BCUT2D eigenvalue weighted by molar-refractivity contribution is 5.91. The van der Waals surface area contributed by atoms with E-state index in [2.05, 4.69) is 10.6 Å². The minimum Gasteiger partial charge on any atom is -0.481 e. The lowest BCUT2D eigenvalue weighted by atomic mass is 9.86. The molecular weight excluding hydrogens is 456 g/mol. The molecule has 8 nitrogen and oxygen atoms in total. The Morgan fingerprint density at radius 1 is 0.917 bits per heavy atom. The van der Waals surface area contributed by atoms with Crippen molar-refractivity contribution in [2.45, 2.75) is 45.8 Å². The maximum Gasteiger partial charge on any atom is 0.306 e. The predicted octanol–water partition coefficient (Wildman–Crippen LogP) is 3.57. The van der Waals surface area contributed by atoms with Crippen LogP contribution in [0.5, 0.6) is 0 Å². The first-order valence-corrected chi connectivity index (χ1v) is 11.9. The first-order chi connectivity index (χ1) is 17.0. The van der Waals surface area contributed by atoms with Crippen molar-refractivity contribution in [1.82, 2.24) is 15.2 Å². The predicted molar refractivity (Wildman–Crippen MR) is 140 cm³/mol. The largest absolute Gasteiger partial charge is 0.481 e. The summed E-state index contributed by atoms with van der Waals surface area (Å²) in [7, 11) is 1.50. The van der Waals surface area contributed by atoms with Crippen molar-refractivity contribution in [3.05, 3.63) is 72.4 Å². The highest BCUT2D eigenvalue weighted by Gasteiger charge is 2.35. The monoisotopic (exact) mass is 490 g/mol. The van der Waals surface area contributed by atoms with E-state index in [0.717, 1.165) is 22.3 Å². The Labute approximate surface area is 211 Å². The molecule has 0 aliphatic carbocycles. The molecule has 0 aliphatic rings. The summed E-state index contributed by atoms with van der Waals surface area (Å²) in [5.74, 6) is -1.99. The van der Waals surface area contributed by atoms with Crippen molar-refractivity contribution in [1.29, 1.82) is 0 Å². The van der Waals surface area contributed by atoms with E-state index in [9.17, 15) is 19.5 Å². The highest BCUT2D eigenvalue weighted by Crippen LogP contribution is 2.29. The molecule has 5 N–H and O–H groups in total. The lowest BCUT2D eigenvalue weighted by molar-refractivity contribution is -0.141. The lowest BCUT2D eigenvalue weighted by Crippen LogP contribution is -2.54. The number of aliphatic carboxylic acids is 1. The molecule has 1 unspecified atom stereocenters. The summed E-state index contributed by atoms with van der Waals surface area (Å²) in [6, 6.07) is 17.6. The van der Waals surface area contributed by atoms with E-state index in [1.54, 1.807) is 16.8 Å². The minimum absolute atomic E-state index is 0.340. The average Bonchev–Trinajstić information content (AvgIpc) is 3.34.